The summed E-state index contributed by atoms with van der Waals surface area (Å²) >= 11 is 0. The number of aliphatic carboxylic acids is 1. The molecule has 0 aliphatic rings. The minimum absolute atomic E-state index is 0.0952. The van der Waals surface area contributed by atoms with Gasteiger partial charge in [0.05, 0.1) is 17.6 Å². The highest BCUT2D eigenvalue weighted by Gasteiger charge is 2.42. The largest absolute Gasteiger partial charge is 0.478 e. The van der Waals surface area contributed by atoms with E-state index in [1.807, 2.05) is 13.8 Å². The minimum Gasteiger partial charge on any atom is -0.478 e. The van der Waals surface area contributed by atoms with E-state index in [2.05, 4.69) is 10.6 Å². The minimum atomic E-state index is -4.53. The molecular formula is C28H42F3N3O4. The first kappa shape index (κ1) is 33.1. The van der Waals surface area contributed by atoms with Crippen molar-refractivity contribution in [1.29, 1.82) is 0 Å². The molecule has 0 radical (unpaired) electrons. The van der Waals surface area contributed by atoms with Gasteiger partial charge >= 0.3 is 12.1 Å². The summed E-state index contributed by atoms with van der Waals surface area (Å²) < 4.78 is 40.0. The molecule has 10 heteroatoms. The van der Waals surface area contributed by atoms with Crippen molar-refractivity contribution in [2.24, 2.45) is 11.3 Å². The smallest absolute Gasteiger partial charge is 0.416 e. The number of likely N-dealkylation sites (N-methyl/N-ethyl adjacent to an activating group) is 2. The van der Waals surface area contributed by atoms with Crippen LogP contribution < -0.4 is 10.6 Å². The first-order chi connectivity index (χ1) is 17.2. The number of carboxylic acid groups (broad SMARTS) is 1. The van der Waals surface area contributed by atoms with Crippen molar-refractivity contribution in [3.05, 3.63) is 47.0 Å². The van der Waals surface area contributed by atoms with E-state index in [0.717, 1.165) is 12.1 Å². The molecular weight excluding hydrogens is 499 g/mol. The van der Waals surface area contributed by atoms with Crippen molar-refractivity contribution in [2.75, 3.05) is 14.1 Å². The van der Waals surface area contributed by atoms with Crippen molar-refractivity contribution in [3.8, 4) is 0 Å². The Morgan fingerprint density at radius 2 is 1.53 bits per heavy atom. The highest BCUT2D eigenvalue weighted by Crippen LogP contribution is 2.34. The first-order valence-electron chi connectivity index (χ1n) is 12.5. The van der Waals surface area contributed by atoms with E-state index in [9.17, 15) is 32.7 Å². The van der Waals surface area contributed by atoms with E-state index < -0.39 is 58.5 Å². The number of carbonyl (C=O) groups is 3. The Kier molecular flexibility index (Phi) is 10.7. The van der Waals surface area contributed by atoms with Gasteiger partial charge in [0.15, 0.2) is 0 Å². The maximum atomic E-state index is 13.7. The van der Waals surface area contributed by atoms with Gasteiger partial charge in [-0.1, -0.05) is 72.7 Å². The Bertz CT molecular complexity index is 1040. The quantitative estimate of drug-likeness (QED) is 0.376. The second-order valence-corrected chi connectivity index (χ2v) is 11.7. The monoisotopic (exact) mass is 541 g/mol. The van der Waals surface area contributed by atoms with E-state index in [1.54, 1.807) is 41.7 Å². The molecule has 38 heavy (non-hydrogen) atoms. The lowest BCUT2D eigenvalue weighted by molar-refractivity contribution is -0.141. The Morgan fingerprint density at radius 3 is 1.95 bits per heavy atom. The molecule has 0 saturated heterocycles. The van der Waals surface area contributed by atoms with Crippen molar-refractivity contribution in [3.63, 3.8) is 0 Å². The van der Waals surface area contributed by atoms with Crippen molar-refractivity contribution in [2.45, 2.75) is 85.1 Å². The first-order valence-corrected chi connectivity index (χ1v) is 12.5. The molecule has 7 nitrogen and oxygen atoms in total. The van der Waals surface area contributed by atoms with Crippen LogP contribution in [0, 0.1) is 11.3 Å². The third kappa shape index (κ3) is 8.06. The summed E-state index contributed by atoms with van der Waals surface area (Å²) in [6, 6.07) is 2.35. The Morgan fingerprint density at radius 1 is 1.00 bits per heavy atom. The van der Waals surface area contributed by atoms with Crippen LogP contribution in [-0.2, 0) is 26.0 Å². The average molecular weight is 542 g/mol. The SMILES string of the molecule is CN[C@@H](C(=O)N[C@H](C(=O)N(C)[C@H](/C=C(\C)C(=O)O)C(C)C)C(C)(C)C)C(C)(C)c1cccc(C(F)(F)F)c1. The lowest BCUT2D eigenvalue weighted by Gasteiger charge is -2.40. The summed E-state index contributed by atoms with van der Waals surface area (Å²) in [5.74, 6) is -2.16. The van der Waals surface area contributed by atoms with Gasteiger partial charge in [-0.2, -0.15) is 13.2 Å². The number of halogens is 3. The van der Waals surface area contributed by atoms with Crippen LogP contribution in [0.3, 0.4) is 0 Å². The van der Waals surface area contributed by atoms with Crippen molar-refractivity contribution < 1.29 is 32.7 Å². The number of benzene rings is 1. The van der Waals surface area contributed by atoms with Crippen LogP contribution in [0.25, 0.3) is 0 Å². The highest BCUT2D eigenvalue weighted by molar-refractivity contribution is 5.91. The molecule has 0 aromatic heterocycles. The summed E-state index contributed by atoms with van der Waals surface area (Å²) in [6.07, 6.45) is -3.02. The number of carbonyl (C=O) groups excluding carboxylic acids is 2. The molecule has 0 aliphatic carbocycles. The van der Waals surface area contributed by atoms with Gasteiger partial charge in [0.25, 0.3) is 0 Å². The molecule has 0 fully saturated rings. The molecule has 1 rings (SSSR count). The average Bonchev–Trinajstić information content (AvgIpc) is 2.78. The van der Waals surface area contributed by atoms with Gasteiger partial charge in [-0.25, -0.2) is 4.79 Å². The molecule has 0 unspecified atom stereocenters. The summed E-state index contributed by atoms with van der Waals surface area (Å²) in [5.41, 5.74) is -2.21. The van der Waals surface area contributed by atoms with Gasteiger partial charge in [-0.05, 0) is 36.9 Å². The maximum absolute atomic E-state index is 13.7. The van der Waals surface area contributed by atoms with Gasteiger partial charge in [-0.3, -0.25) is 9.59 Å². The fraction of sp³-hybridized carbons (Fsp3) is 0.607. The predicted molar refractivity (Wildman–Crippen MR) is 141 cm³/mol. The van der Waals surface area contributed by atoms with Gasteiger partial charge < -0.3 is 20.6 Å². The zero-order valence-electron chi connectivity index (χ0n) is 23.9. The molecule has 3 atom stereocenters. The van der Waals surface area contributed by atoms with Crippen LogP contribution in [0.15, 0.2) is 35.9 Å². The van der Waals surface area contributed by atoms with Gasteiger partial charge in [0, 0.05) is 18.0 Å². The standard InChI is InChI=1S/C28H42F3N3O4/c1-16(2)20(14-17(3)25(37)38)34(10)24(36)22(26(4,5)6)33-23(35)21(32-9)27(7,8)18-12-11-13-19(15-18)28(29,30)31/h11-16,20-22,32H,1-10H3,(H,33,35)(H,37,38)/b17-14+/t20-,21+,22-/m1/s1. The van der Waals surface area contributed by atoms with Crippen LogP contribution in [0.2, 0.25) is 0 Å². The van der Waals surface area contributed by atoms with Crippen LogP contribution in [0.4, 0.5) is 13.2 Å². The number of nitrogens with zero attached hydrogens (tertiary/aromatic N) is 1. The summed E-state index contributed by atoms with van der Waals surface area (Å²) in [4.78, 5) is 40.1. The topological polar surface area (TPSA) is 98.7 Å². The van der Waals surface area contributed by atoms with Crippen molar-refractivity contribution >= 4 is 17.8 Å². The second kappa shape index (κ2) is 12.3. The van der Waals surface area contributed by atoms with Crippen LogP contribution in [0.5, 0.6) is 0 Å². The molecule has 0 bridgehead atoms. The molecule has 0 spiro atoms. The Labute approximate surface area is 223 Å². The number of carboxylic acids is 1. The predicted octanol–water partition coefficient (Wildman–Crippen LogP) is 4.62. The number of rotatable bonds is 10. The fourth-order valence-corrected chi connectivity index (χ4v) is 4.39. The van der Waals surface area contributed by atoms with Crippen molar-refractivity contribution in [1.82, 2.24) is 15.5 Å². The maximum Gasteiger partial charge on any atom is 0.416 e. The molecule has 1 aromatic carbocycles. The lowest BCUT2D eigenvalue weighted by atomic mass is 9.76. The molecule has 0 saturated carbocycles. The summed E-state index contributed by atoms with van der Waals surface area (Å²) in [5, 5.41) is 15.1. The van der Waals surface area contributed by atoms with Gasteiger partial charge in [0.1, 0.15) is 6.04 Å². The molecule has 0 heterocycles. The van der Waals surface area contributed by atoms with E-state index in [0.29, 0.717) is 5.56 Å². The second-order valence-electron chi connectivity index (χ2n) is 11.7. The summed E-state index contributed by atoms with van der Waals surface area (Å²) in [6.45, 7) is 13.9. The zero-order valence-corrected chi connectivity index (χ0v) is 23.9. The van der Waals surface area contributed by atoms with Crippen LogP contribution in [-0.4, -0.2) is 60.0 Å². The van der Waals surface area contributed by atoms with Crippen LogP contribution >= 0.6 is 0 Å². The molecule has 3 N–H and O–H groups in total. The number of alkyl halides is 3. The third-order valence-corrected chi connectivity index (χ3v) is 6.84. The van der Waals surface area contributed by atoms with E-state index >= 15 is 0 Å². The van der Waals surface area contributed by atoms with Crippen LogP contribution in [0.1, 0.15) is 66.5 Å². The molecule has 2 amide bonds. The summed E-state index contributed by atoms with van der Waals surface area (Å²) in [7, 11) is 3.10. The number of hydrogen-bond acceptors (Lipinski definition) is 4. The van der Waals surface area contributed by atoms with E-state index in [1.165, 1.54) is 37.1 Å². The van der Waals surface area contributed by atoms with E-state index in [4.69, 9.17) is 0 Å². The third-order valence-electron chi connectivity index (χ3n) is 6.84. The molecule has 1 aromatic rings. The normalized spacial score (nSPS) is 15.6. The molecule has 214 valence electrons. The number of amides is 2. The number of hydrogen-bond donors (Lipinski definition) is 3. The number of nitrogens with one attached hydrogen (secondary N) is 2. The Hall–Kier alpha value is -2.88. The van der Waals surface area contributed by atoms with Gasteiger partial charge in [-0.15, -0.1) is 0 Å². The Balaban J connectivity index is 3.39. The highest BCUT2D eigenvalue weighted by atomic mass is 19.4. The van der Waals surface area contributed by atoms with E-state index in [-0.39, 0.29) is 11.5 Å². The zero-order chi connectivity index (χ0) is 29.8. The fourth-order valence-electron chi connectivity index (χ4n) is 4.39. The van der Waals surface area contributed by atoms with Gasteiger partial charge in [0.2, 0.25) is 11.8 Å². The lowest BCUT2D eigenvalue weighted by Crippen LogP contribution is -2.61. The molecule has 0 aliphatic heterocycles.